The third-order valence-corrected chi connectivity index (χ3v) is 5.25. The van der Waals surface area contributed by atoms with Gasteiger partial charge in [-0.3, -0.25) is 4.79 Å². The molecule has 0 aliphatic heterocycles. The fraction of sp³-hybridized carbons (Fsp3) is 0.136. The predicted octanol–water partition coefficient (Wildman–Crippen LogP) is 5.67. The number of rotatable bonds is 5. The summed E-state index contributed by atoms with van der Waals surface area (Å²) >= 11 is 1.56. The van der Waals surface area contributed by atoms with Crippen LogP contribution < -0.4 is 9.47 Å². The lowest BCUT2D eigenvalue weighted by atomic mass is 10.1. The van der Waals surface area contributed by atoms with Gasteiger partial charge < -0.3 is 9.47 Å². The number of methoxy groups -OCH3 is 1. The molecule has 0 unspecified atom stereocenters. The molecule has 2 heterocycles. The number of hydrogen-bond donors (Lipinski definition) is 0. The molecule has 140 valence electrons. The molecule has 0 atom stereocenters. The molecule has 0 bridgehead atoms. The second kappa shape index (κ2) is 7.40. The Hall–Kier alpha value is -3.25. The molecule has 4 aromatic rings. The lowest BCUT2D eigenvalue weighted by molar-refractivity contribution is 0.101. The summed E-state index contributed by atoms with van der Waals surface area (Å²) in [4.78, 5) is 21.6. The summed E-state index contributed by atoms with van der Waals surface area (Å²) in [5.74, 6) is 2.04. The Bertz CT molecular complexity index is 1170. The molecule has 0 fully saturated rings. The van der Waals surface area contributed by atoms with Crippen molar-refractivity contribution >= 4 is 27.3 Å². The lowest BCUT2D eigenvalue weighted by Gasteiger charge is -2.12. The summed E-state index contributed by atoms with van der Waals surface area (Å²) in [7, 11) is 1.55. The maximum atomic E-state index is 11.7. The molecule has 5 nitrogen and oxygen atoms in total. The van der Waals surface area contributed by atoms with Gasteiger partial charge >= 0.3 is 0 Å². The van der Waals surface area contributed by atoms with E-state index in [0.29, 0.717) is 28.8 Å². The van der Waals surface area contributed by atoms with E-state index in [1.165, 1.54) is 6.92 Å². The number of aryl methyl sites for hydroxylation is 1. The van der Waals surface area contributed by atoms with Gasteiger partial charge in [-0.05, 0) is 37.6 Å². The average molecular weight is 390 g/mol. The van der Waals surface area contributed by atoms with E-state index in [-0.39, 0.29) is 5.78 Å². The third-order valence-electron chi connectivity index (χ3n) is 4.37. The Balaban J connectivity index is 1.85. The predicted molar refractivity (Wildman–Crippen MR) is 111 cm³/mol. The Morgan fingerprint density at radius 3 is 2.54 bits per heavy atom. The molecule has 2 aromatic carbocycles. The second-order valence-electron chi connectivity index (χ2n) is 6.30. The van der Waals surface area contributed by atoms with E-state index in [1.54, 1.807) is 36.6 Å². The van der Waals surface area contributed by atoms with E-state index in [0.717, 1.165) is 21.3 Å². The first-order valence-electron chi connectivity index (χ1n) is 8.75. The molecule has 0 radical (unpaired) electrons. The van der Waals surface area contributed by atoms with Crippen LogP contribution in [-0.2, 0) is 0 Å². The molecule has 6 heteroatoms. The van der Waals surface area contributed by atoms with Crippen molar-refractivity contribution in [2.75, 3.05) is 7.11 Å². The van der Waals surface area contributed by atoms with Gasteiger partial charge in [-0.15, -0.1) is 11.3 Å². The molecule has 0 N–H and O–H groups in total. The number of thiophene rings is 1. The normalized spacial score (nSPS) is 10.8. The van der Waals surface area contributed by atoms with Crippen LogP contribution in [0.1, 0.15) is 23.1 Å². The number of carbonyl (C=O) groups excluding carboxylic acids is 1. The van der Waals surface area contributed by atoms with Crippen molar-refractivity contribution in [3.8, 4) is 28.5 Å². The third kappa shape index (κ3) is 3.34. The van der Waals surface area contributed by atoms with Crippen molar-refractivity contribution in [3.63, 3.8) is 0 Å². The number of ketones is 1. The standard InChI is InChI=1S/C22H18N2O3S/c1-13(25)16-9-10-18(19(11-16)26-3)27-21-20-17(15-7-5-4-6-8-15)12-28-22(20)24-14(2)23-21/h4-12H,1-3H3. The lowest BCUT2D eigenvalue weighted by Crippen LogP contribution is -1.98. The Labute approximate surface area is 166 Å². The van der Waals surface area contributed by atoms with Gasteiger partial charge in [0.25, 0.3) is 0 Å². The molecule has 0 spiro atoms. The smallest absolute Gasteiger partial charge is 0.232 e. The number of Topliss-reactive ketones (excluding diaryl/α,β-unsaturated/α-hetero) is 1. The highest BCUT2D eigenvalue weighted by Crippen LogP contribution is 2.41. The topological polar surface area (TPSA) is 61.3 Å². The van der Waals surface area contributed by atoms with Gasteiger partial charge in [0.15, 0.2) is 17.3 Å². The number of carbonyl (C=O) groups is 1. The molecule has 0 aliphatic rings. The molecule has 28 heavy (non-hydrogen) atoms. The zero-order chi connectivity index (χ0) is 19.7. The van der Waals surface area contributed by atoms with Crippen LogP contribution in [0.25, 0.3) is 21.3 Å². The van der Waals surface area contributed by atoms with Crippen LogP contribution in [0.4, 0.5) is 0 Å². The molecule has 0 saturated heterocycles. The Kier molecular flexibility index (Phi) is 4.79. The van der Waals surface area contributed by atoms with E-state index in [4.69, 9.17) is 9.47 Å². The van der Waals surface area contributed by atoms with E-state index in [1.807, 2.05) is 37.3 Å². The summed E-state index contributed by atoms with van der Waals surface area (Å²) in [6.45, 7) is 3.36. The van der Waals surface area contributed by atoms with Crippen molar-refractivity contribution in [1.29, 1.82) is 0 Å². The average Bonchev–Trinajstić information content (AvgIpc) is 3.12. The molecule has 0 saturated carbocycles. The van der Waals surface area contributed by atoms with E-state index in [9.17, 15) is 4.79 Å². The summed E-state index contributed by atoms with van der Waals surface area (Å²) in [6.07, 6.45) is 0. The highest BCUT2D eigenvalue weighted by molar-refractivity contribution is 7.17. The summed E-state index contributed by atoms with van der Waals surface area (Å²) < 4.78 is 11.6. The number of benzene rings is 2. The Morgan fingerprint density at radius 1 is 1.04 bits per heavy atom. The van der Waals surface area contributed by atoms with Gasteiger partial charge in [-0.1, -0.05) is 30.3 Å². The highest BCUT2D eigenvalue weighted by Gasteiger charge is 2.18. The van der Waals surface area contributed by atoms with Crippen LogP contribution in [0, 0.1) is 6.92 Å². The SMILES string of the molecule is COc1cc(C(C)=O)ccc1Oc1nc(C)nc2scc(-c3ccccc3)c12. The van der Waals surface area contributed by atoms with Crippen molar-refractivity contribution in [3.05, 3.63) is 65.3 Å². The number of hydrogen-bond acceptors (Lipinski definition) is 6. The van der Waals surface area contributed by atoms with Crippen molar-refractivity contribution in [2.45, 2.75) is 13.8 Å². The summed E-state index contributed by atoms with van der Waals surface area (Å²) in [6, 6.07) is 15.2. The second-order valence-corrected chi connectivity index (χ2v) is 7.15. The van der Waals surface area contributed by atoms with Crippen LogP contribution >= 0.6 is 11.3 Å². The van der Waals surface area contributed by atoms with Gasteiger partial charge in [-0.25, -0.2) is 4.98 Å². The number of ether oxygens (including phenoxy) is 2. The van der Waals surface area contributed by atoms with Gasteiger partial charge in [0.1, 0.15) is 10.7 Å². The number of nitrogens with zero attached hydrogens (tertiary/aromatic N) is 2. The monoisotopic (exact) mass is 390 g/mol. The van der Waals surface area contributed by atoms with E-state index < -0.39 is 0 Å². The van der Waals surface area contributed by atoms with Crippen molar-refractivity contribution in [2.24, 2.45) is 0 Å². The van der Waals surface area contributed by atoms with Crippen molar-refractivity contribution in [1.82, 2.24) is 9.97 Å². The number of aromatic nitrogens is 2. The maximum absolute atomic E-state index is 11.7. The van der Waals surface area contributed by atoms with E-state index >= 15 is 0 Å². The largest absolute Gasteiger partial charge is 0.493 e. The first kappa shape index (κ1) is 18.1. The van der Waals surface area contributed by atoms with Crippen LogP contribution in [-0.4, -0.2) is 22.9 Å². The van der Waals surface area contributed by atoms with Gasteiger partial charge in [0.2, 0.25) is 5.88 Å². The van der Waals surface area contributed by atoms with Crippen LogP contribution in [0.15, 0.2) is 53.9 Å². The molecular formula is C22H18N2O3S. The van der Waals surface area contributed by atoms with Gasteiger partial charge in [-0.2, -0.15) is 4.98 Å². The van der Waals surface area contributed by atoms with Gasteiger partial charge in [0, 0.05) is 16.5 Å². The zero-order valence-corrected chi connectivity index (χ0v) is 16.5. The van der Waals surface area contributed by atoms with E-state index in [2.05, 4.69) is 15.3 Å². The molecule has 2 aromatic heterocycles. The van der Waals surface area contributed by atoms with Gasteiger partial charge in [0.05, 0.1) is 12.5 Å². The zero-order valence-electron chi connectivity index (χ0n) is 15.7. The highest BCUT2D eigenvalue weighted by atomic mass is 32.1. The Morgan fingerprint density at radius 2 is 1.82 bits per heavy atom. The van der Waals surface area contributed by atoms with Crippen LogP contribution in [0.5, 0.6) is 17.4 Å². The minimum atomic E-state index is -0.0330. The first-order chi connectivity index (χ1) is 13.6. The minimum absolute atomic E-state index is 0.0330. The molecule has 0 amide bonds. The molecule has 4 rings (SSSR count). The maximum Gasteiger partial charge on any atom is 0.232 e. The molecular weight excluding hydrogens is 372 g/mol. The van der Waals surface area contributed by atoms with Crippen molar-refractivity contribution < 1.29 is 14.3 Å². The first-order valence-corrected chi connectivity index (χ1v) is 9.63. The fourth-order valence-electron chi connectivity index (χ4n) is 2.99. The minimum Gasteiger partial charge on any atom is -0.493 e. The summed E-state index contributed by atoms with van der Waals surface area (Å²) in [5.41, 5.74) is 2.66. The number of fused-ring (bicyclic) bond motifs is 1. The molecule has 0 aliphatic carbocycles. The fourth-order valence-corrected chi connectivity index (χ4v) is 3.97. The van der Waals surface area contributed by atoms with Crippen LogP contribution in [0.3, 0.4) is 0 Å². The van der Waals surface area contributed by atoms with Crippen LogP contribution in [0.2, 0.25) is 0 Å². The quantitative estimate of drug-likeness (QED) is 0.411. The summed E-state index contributed by atoms with van der Waals surface area (Å²) in [5, 5.41) is 2.93.